The third-order valence-corrected chi connectivity index (χ3v) is 3.53. The van der Waals surface area contributed by atoms with Gasteiger partial charge in [0.15, 0.2) is 0 Å². The average Bonchev–Trinajstić information content (AvgIpc) is 2.51. The van der Waals surface area contributed by atoms with Crippen LogP contribution in [0.1, 0.15) is 39.0 Å². The van der Waals surface area contributed by atoms with Crippen LogP contribution in [0, 0.1) is 0 Å². The number of hydrogen-bond donors (Lipinski definition) is 3. The minimum absolute atomic E-state index is 0.404. The molecule has 1 rings (SSSR count). The number of aliphatic hydroxyl groups excluding tert-OH is 1. The molecule has 0 aromatic heterocycles. The summed E-state index contributed by atoms with van der Waals surface area (Å²) in [6.07, 6.45) is 5.85. The molecule has 0 spiro atoms. The summed E-state index contributed by atoms with van der Waals surface area (Å²) < 4.78 is 5.64. The molecular formula is C16H25ClN2O3. The van der Waals surface area contributed by atoms with Gasteiger partial charge in [-0.15, -0.1) is 0 Å². The molecule has 0 saturated carbocycles. The molecule has 0 aliphatic rings. The van der Waals surface area contributed by atoms with Crippen LogP contribution in [0.4, 0.5) is 5.69 Å². The molecule has 6 heteroatoms. The third kappa shape index (κ3) is 6.64. The van der Waals surface area contributed by atoms with Gasteiger partial charge in [-0.3, -0.25) is 4.79 Å². The second-order valence-electron chi connectivity index (χ2n) is 5.19. The van der Waals surface area contributed by atoms with Gasteiger partial charge in [0, 0.05) is 5.69 Å². The van der Waals surface area contributed by atoms with Crippen LogP contribution in [0.2, 0.25) is 5.02 Å². The largest absolute Gasteiger partial charge is 0.492 e. The van der Waals surface area contributed by atoms with Crippen molar-refractivity contribution in [2.45, 2.75) is 45.1 Å². The van der Waals surface area contributed by atoms with Crippen molar-refractivity contribution in [1.82, 2.24) is 0 Å². The van der Waals surface area contributed by atoms with Gasteiger partial charge in [0.2, 0.25) is 5.91 Å². The number of aliphatic hydroxyl groups is 1. The van der Waals surface area contributed by atoms with Gasteiger partial charge in [0.25, 0.3) is 0 Å². The van der Waals surface area contributed by atoms with Crippen LogP contribution in [-0.2, 0) is 4.79 Å². The highest BCUT2D eigenvalue weighted by molar-refractivity contribution is 6.32. The lowest BCUT2D eigenvalue weighted by molar-refractivity contribution is -0.118. The number of benzene rings is 1. The Morgan fingerprint density at radius 1 is 1.36 bits per heavy atom. The van der Waals surface area contributed by atoms with Crippen molar-refractivity contribution in [2.24, 2.45) is 5.73 Å². The van der Waals surface area contributed by atoms with Crippen LogP contribution in [0.25, 0.3) is 0 Å². The number of rotatable bonds is 10. The van der Waals surface area contributed by atoms with E-state index in [2.05, 4.69) is 12.2 Å². The molecule has 0 bridgehead atoms. The second kappa shape index (κ2) is 10.4. The summed E-state index contributed by atoms with van der Waals surface area (Å²) in [7, 11) is 0. The zero-order chi connectivity index (χ0) is 16.4. The summed E-state index contributed by atoms with van der Waals surface area (Å²) in [4.78, 5) is 11.6. The first-order chi connectivity index (χ1) is 10.6. The maximum Gasteiger partial charge on any atom is 0.243 e. The van der Waals surface area contributed by atoms with E-state index in [1.807, 2.05) is 0 Å². The molecule has 4 N–H and O–H groups in total. The summed E-state index contributed by atoms with van der Waals surface area (Å²) in [5.74, 6) is 0.143. The van der Waals surface area contributed by atoms with E-state index in [-0.39, 0.29) is 0 Å². The first-order valence-electron chi connectivity index (χ1n) is 7.68. The molecule has 0 saturated heterocycles. The third-order valence-electron chi connectivity index (χ3n) is 3.24. The quantitative estimate of drug-likeness (QED) is 0.576. The van der Waals surface area contributed by atoms with Gasteiger partial charge in [-0.05, 0) is 24.6 Å². The SMILES string of the molecule is CCCCCCCOc1ccc(NC(=O)[C@@H](N)CO)cc1Cl. The number of nitrogens with two attached hydrogens (primary N) is 1. The van der Waals surface area contributed by atoms with E-state index in [9.17, 15) is 4.79 Å². The highest BCUT2D eigenvalue weighted by atomic mass is 35.5. The standard InChI is InChI=1S/C16H25ClN2O3/c1-2-3-4-5-6-9-22-15-8-7-12(10-13(15)17)19-16(21)14(18)11-20/h7-8,10,14,20H,2-6,9,11,18H2,1H3,(H,19,21)/t14-/m0/s1. The van der Waals surface area contributed by atoms with Crippen LogP contribution < -0.4 is 15.8 Å². The summed E-state index contributed by atoms with van der Waals surface area (Å²) in [5, 5.41) is 11.8. The van der Waals surface area contributed by atoms with Gasteiger partial charge in [0.05, 0.1) is 18.2 Å². The summed E-state index contributed by atoms with van der Waals surface area (Å²) in [5.41, 5.74) is 5.95. The summed E-state index contributed by atoms with van der Waals surface area (Å²) >= 11 is 6.13. The van der Waals surface area contributed by atoms with Crippen LogP contribution in [0.3, 0.4) is 0 Å². The smallest absolute Gasteiger partial charge is 0.243 e. The molecule has 5 nitrogen and oxygen atoms in total. The fraction of sp³-hybridized carbons (Fsp3) is 0.562. The number of anilines is 1. The Hall–Kier alpha value is -1.30. The Kier molecular flexibility index (Phi) is 8.89. The zero-order valence-corrected chi connectivity index (χ0v) is 13.7. The van der Waals surface area contributed by atoms with E-state index in [1.54, 1.807) is 18.2 Å². The Morgan fingerprint density at radius 3 is 2.73 bits per heavy atom. The first-order valence-corrected chi connectivity index (χ1v) is 8.06. The average molecular weight is 329 g/mol. The van der Waals surface area contributed by atoms with Gasteiger partial charge in [-0.2, -0.15) is 0 Å². The molecule has 1 aromatic carbocycles. The van der Waals surface area contributed by atoms with Crippen LogP contribution in [0.5, 0.6) is 5.75 Å². The Labute approximate surface area is 136 Å². The highest BCUT2D eigenvalue weighted by Crippen LogP contribution is 2.28. The van der Waals surface area contributed by atoms with E-state index < -0.39 is 18.6 Å². The number of carbonyl (C=O) groups excluding carboxylic acids is 1. The molecule has 0 heterocycles. The molecule has 124 valence electrons. The Balaban J connectivity index is 2.43. The van der Waals surface area contributed by atoms with E-state index in [0.717, 1.165) is 12.8 Å². The maximum absolute atomic E-state index is 11.6. The van der Waals surface area contributed by atoms with Crippen molar-refractivity contribution in [3.8, 4) is 5.75 Å². The van der Waals surface area contributed by atoms with Gasteiger partial charge in [0.1, 0.15) is 11.8 Å². The zero-order valence-electron chi connectivity index (χ0n) is 13.0. The molecule has 22 heavy (non-hydrogen) atoms. The van der Waals surface area contributed by atoms with Crippen LogP contribution in [-0.4, -0.2) is 30.3 Å². The van der Waals surface area contributed by atoms with E-state index in [1.165, 1.54) is 19.3 Å². The Morgan fingerprint density at radius 2 is 2.09 bits per heavy atom. The molecule has 0 aliphatic heterocycles. The first kappa shape index (κ1) is 18.7. The van der Waals surface area contributed by atoms with Gasteiger partial charge >= 0.3 is 0 Å². The number of amides is 1. The van der Waals surface area contributed by atoms with E-state index >= 15 is 0 Å². The highest BCUT2D eigenvalue weighted by Gasteiger charge is 2.12. The second-order valence-corrected chi connectivity index (χ2v) is 5.59. The summed E-state index contributed by atoms with van der Waals surface area (Å²) in [6.45, 7) is 2.41. The van der Waals surface area contributed by atoms with Gasteiger partial charge in [-0.25, -0.2) is 0 Å². The van der Waals surface area contributed by atoms with Crippen molar-refractivity contribution >= 4 is 23.2 Å². The van der Waals surface area contributed by atoms with Gasteiger partial charge in [-0.1, -0.05) is 44.2 Å². The van der Waals surface area contributed by atoms with Crippen LogP contribution >= 0.6 is 11.6 Å². The fourth-order valence-electron chi connectivity index (χ4n) is 1.90. The van der Waals surface area contributed by atoms with Gasteiger partial charge < -0.3 is 20.9 Å². The fourth-order valence-corrected chi connectivity index (χ4v) is 2.14. The lowest BCUT2D eigenvalue weighted by Crippen LogP contribution is -2.38. The number of halogens is 1. The molecule has 0 radical (unpaired) electrons. The molecule has 1 atom stereocenters. The summed E-state index contributed by atoms with van der Waals surface area (Å²) in [6, 6.07) is 4.07. The predicted octanol–water partition coefficient (Wildman–Crippen LogP) is 2.95. The minimum Gasteiger partial charge on any atom is -0.492 e. The van der Waals surface area contributed by atoms with Crippen molar-refractivity contribution in [3.05, 3.63) is 23.2 Å². The minimum atomic E-state index is -0.946. The molecular weight excluding hydrogens is 304 g/mol. The molecule has 1 aromatic rings. The molecule has 0 aliphatic carbocycles. The maximum atomic E-state index is 11.6. The normalized spacial score (nSPS) is 12.0. The van der Waals surface area contributed by atoms with E-state index in [4.69, 9.17) is 27.2 Å². The number of nitrogens with one attached hydrogen (secondary N) is 1. The number of unbranched alkanes of at least 4 members (excludes halogenated alkanes) is 4. The molecule has 1 amide bonds. The lowest BCUT2D eigenvalue weighted by Gasteiger charge is -2.12. The number of ether oxygens (including phenoxy) is 1. The van der Waals surface area contributed by atoms with Crippen molar-refractivity contribution < 1.29 is 14.6 Å². The van der Waals surface area contributed by atoms with Crippen molar-refractivity contribution in [2.75, 3.05) is 18.5 Å². The Bertz CT molecular complexity index is 469. The number of hydrogen-bond acceptors (Lipinski definition) is 4. The van der Waals surface area contributed by atoms with E-state index in [0.29, 0.717) is 23.1 Å². The van der Waals surface area contributed by atoms with Crippen molar-refractivity contribution in [1.29, 1.82) is 0 Å². The molecule has 0 fully saturated rings. The molecule has 0 unspecified atom stereocenters. The topological polar surface area (TPSA) is 84.6 Å². The number of carbonyl (C=O) groups is 1. The van der Waals surface area contributed by atoms with Crippen molar-refractivity contribution in [3.63, 3.8) is 0 Å². The predicted molar refractivity (Wildman–Crippen MR) is 89.4 cm³/mol. The van der Waals surface area contributed by atoms with Crippen LogP contribution in [0.15, 0.2) is 18.2 Å². The monoisotopic (exact) mass is 328 g/mol. The lowest BCUT2D eigenvalue weighted by atomic mass is 10.2.